The number of rotatable bonds is 3. The molecule has 0 aromatic carbocycles. The summed E-state index contributed by atoms with van der Waals surface area (Å²) in [5, 5.41) is 6.58. The lowest BCUT2D eigenvalue weighted by atomic mass is 9.74. The molecule has 1 heterocycles. The maximum absolute atomic E-state index is 12.1. The zero-order valence-corrected chi connectivity index (χ0v) is 10.4. The van der Waals surface area contributed by atoms with E-state index in [1.165, 1.54) is 11.0 Å². The van der Waals surface area contributed by atoms with Crippen LogP contribution in [0.1, 0.15) is 27.7 Å². The van der Waals surface area contributed by atoms with E-state index >= 15 is 0 Å². The summed E-state index contributed by atoms with van der Waals surface area (Å²) in [7, 11) is 1.71. The lowest BCUT2D eigenvalue weighted by Gasteiger charge is -2.36. The molecular weight excluding hydrogens is 206 g/mol. The Bertz CT molecular complexity index is 388. The van der Waals surface area contributed by atoms with E-state index in [1.54, 1.807) is 20.9 Å². The van der Waals surface area contributed by atoms with Crippen molar-refractivity contribution in [3.05, 3.63) is 6.33 Å². The smallest absolute Gasteiger partial charge is 0.234 e. The Hall–Kier alpha value is -1.43. The van der Waals surface area contributed by atoms with Crippen LogP contribution >= 0.6 is 0 Å². The van der Waals surface area contributed by atoms with Gasteiger partial charge in [-0.15, -0.1) is 0 Å². The number of nitrogens with two attached hydrogens (primary N) is 1. The van der Waals surface area contributed by atoms with E-state index in [2.05, 4.69) is 15.4 Å². The standard InChI is InChI=1S/C10H19N5O/c1-9(2,10(3,4)11)7(16)14-8-12-6-13-15(8)5/h6H,11H2,1-5H3,(H,12,13,14,16). The molecule has 0 fully saturated rings. The van der Waals surface area contributed by atoms with Crippen molar-refractivity contribution in [2.75, 3.05) is 5.32 Å². The average Bonchev–Trinajstić information content (AvgIpc) is 2.49. The molecule has 0 saturated carbocycles. The third-order valence-electron chi connectivity index (χ3n) is 3.12. The SMILES string of the molecule is Cn1ncnc1NC(=O)C(C)(C)C(C)(C)N. The van der Waals surface area contributed by atoms with E-state index in [0.29, 0.717) is 5.95 Å². The van der Waals surface area contributed by atoms with Crippen LogP contribution in [0.5, 0.6) is 0 Å². The van der Waals surface area contributed by atoms with Crippen LogP contribution in [0.25, 0.3) is 0 Å². The molecule has 1 amide bonds. The summed E-state index contributed by atoms with van der Waals surface area (Å²) in [6.07, 6.45) is 1.39. The summed E-state index contributed by atoms with van der Waals surface area (Å²) in [6, 6.07) is 0. The van der Waals surface area contributed by atoms with Gasteiger partial charge in [-0.3, -0.25) is 10.1 Å². The fraction of sp³-hybridized carbons (Fsp3) is 0.700. The van der Waals surface area contributed by atoms with Crippen molar-refractivity contribution in [1.82, 2.24) is 14.8 Å². The predicted molar refractivity (Wildman–Crippen MR) is 61.7 cm³/mol. The van der Waals surface area contributed by atoms with Crippen molar-refractivity contribution < 1.29 is 4.79 Å². The highest BCUT2D eigenvalue weighted by Gasteiger charge is 2.40. The van der Waals surface area contributed by atoms with Gasteiger partial charge in [-0.1, -0.05) is 0 Å². The van der Waals surface area contributed by atoms with Crippen LogP contribution in [0, 0.1) is 5.41 Å². The van der Waals surface area contributed by atoms with Gasteiger partial charge in [0.2, 0.25) is 11.9 Å². The highest BCUT2D eigenvalue weighted by atomic mass is 16.2. The minimum absolute atomic E-state index is 0.170. The minimum Gasteiger partial charge on any atom is -0.325 e. The van der Waals surface area contributed by atoms with Crippen LogP contribution in [-0.2, 0) is 11.8 Å². The quantitative estimate of drug-likeness (QED) is 0.785. The third kappa shape index (κ3) is 2.21. The first kappa shape index (κ1) is 12.6. The van der Waals surface area contributed by atoms with Gasteiger partial charge in [-0.2, -0.15) is 10.1 Å². The molecule has 3 N–H and O–H groups in total. The van der Waals surface area contributed by atoms with Crippen molar-refractivity contribution in [2.45, 2.75) is 33.2 Å². The third-order valence-corrected chi connectivity index (χ3v) is 3.12. The Labute approximate surface area is 95.2 Å². The van der Waals surface area contributed by atoms with Crippen LogP contribution in [0.3, 0.4) is 0 Å². The number of carbonyl (C=O) groups is 1. The zero-order chi connectivity index (χ0) is 12.6. The Morgan fingerprint density at radius 3 is 2.38 bits per heavy atom. The van der Waals surface area contributed by atoms with Crippen LogP contribution < -0.4 is 11.1 Å². The van der Waals surface area contributed by atoms with E-state index in [0.717, 1.165) is 0 Å². The molecular formula is C10H19N5O. The lowest BCUT2D eigenvalue weighted by molar-refractivity contribution is -0.126. The topological polar surface area (TPSA) is 85.8 Å². The summed E-state index contributed by atoms with van der Waals surface area (Å²) in [6.45, 7) is 7.25. The van der Waals surface area contributed by atoms with Crippen LogP contribution in [0.2, 0.25) is 0 Å². The molecule has 0 saturated heterocycles. The number of aromatic nitrogens is 3. The van der Waals surface area contributed by atoms with Crippen LogP contribution in [0.4, 0.5) is 5.95 Å². The molecule has 16 heavy (non-hydrogen) atoms. The van der Waals surface area contributed by atoms with Gasteiger partial charge in [0, 0.05) is 12.6 Å². The van der Waals surface area contributed by atoms with Gasteiger partial charge in [-0.25, -0.2) is 4.68 Å². The van der Waals surface area contributed by atoms with Crippen molar-refractivity contribution in [2.24, 2.45) is 18.2 Å². The molecule has 0 aliphatic rings. The van der Waals surface area contributed by atoms with Gasteiger partial charge >= 0.3 is 0 Å². The van der Waals surface area contributed by atoms with Crippen LogP contribution in [-0.4, -0.2) is 26.2 Å². The summed E-state index contributed by atoms with van der Waals surface area (Å²) in [5.41, 5.74) is 4.67. The number of amides is 1. The molecule has 90 valence electrons. The van der Waals surface area contributed by atoms with Crippen molar-refractivity contribution in [1.29, 1.82) is 0 Å². The number of anilines is 1. The number of hydrogen-bond acceptors (Lipinski definition) is 4. The summed E-state index contributed by atoms with van der Waals surface area (Å²) < 4.78 is 1.50. The van der Waals surface area contributed by atoms with E-state index in [9.17, 15) is 4.79 Å². The van der Waals surface area contributed by atoms with Gasteiger partial charge in [0.05, 0.1) is 5.41 Å². The fourth-order valence-corrected chi connectivity index (χ4v) is 0.960. The molecule has 1 aromatic heterocycles. The zero-order valence-electron chi connectivity index (χ0n) is 10.4. The monoisotopic (exact) mass is 225 g/mol. The van der Waals surface area contributed by atoms with Crippen molar-refractivity contribution in [3.8, 4) is 0 Å². The maximum Gasteiger partial charge on any atom is 0.234 e. The van der Waals surface area contributed by atoms with E-state index < -0.39 is 11.0 Å². The van der Waals surface area contributed by atoms with Gasteiger partial charge in [-0.05, 0) is 27.7 Å². The molecule has 0 aliphatic heterocycles. The van der Waals surface area contributed by atoms with Crippen molar-refractivity contribution in [3.63, 3.8) is 0 Å². The summed E-state index contributed by atoms with van der Waals surface area (Å²) in [4.78, 5) is 16.0. The molecule has 0 bridgehead atoms. The van der Waals surface area contributed by atoms with E-state index in [-0.39, 0.29) is 5.91 Å². The molecule has 6 heteroatoms. The Morgan fingerprint density at radius 2 is 2.00 bits per heavy atom. The van der Waals surface area contributed by atoms with E-state index in [1.807, 2.05) is 13.8 Å². The van der Waals surface area contributed by atoms with Crippen LogP contribution in [0.15, 0.2) is 6.33 Å². The van der Waals surface area contributed by atoms with E-state index in [4.69, 9.17) is 5.73 Å². The number of nitrogens with one attached hydrogen (secondary N) is 1. The molecule has 1 aromatic rings. The number of carbonyl (C=O) groups excluding carboxylic acids is 1. The number of hydrogen-bond donors (Lipinski definition) is 2. The molecule has 0 aliphatic carbocycles. The first-order valence-electron chi connectivity index (χ1n) is 5.10. The van der Waals surface area contributed by atoms with Gasteiger partial charge in [0.15, 0.2) is 0 Å². The highest BCUT2D eigenvalue weighted by molar-refractivity contribution is 5.94. The Kier molecular flexibility index (Phi) is 3.05. The average molecular weight is 225 g/mol. The van der Waals surface area contributed by atoms with Gasteiger partial charge in [0.1, 0.15) is 6.33 Å². The normalized spacial score (nSPS) is 12.6. The molecule has 0 unspecified atom stereocenters. The second-order valence-electron chi connectivity index (χ2n) is 5.01. The molecule has 0 atom stereocenters. The Balaban J connectivity index is 2.85. The summed E-state index contributed by atoms with van der Waals surface area (Å²) >= 11 is 0. The second kappa shape index (κ2) is 3.86. The molecule has 6 nitrogen and oxygen atoms in total. The Morgan fingerprint density at radius 1 is 1.44 bits per heavy atom. The minimum atomic E-state index is -0.695. The van der Waals surface area contributed by atoms with Crippen molar-refractivity contribution >= 4 is 11.9 Å². The van der Waals surface area contributed by atoms with Gasteiger partial charge in [0.25, 0.3) is 0 Å². The number of nitrogens with zero attached hydrogens (tertiary/aromatic N) is 3. The lowest BCUT2D eigenvalue weighted by Crippen LogP contribution is -2.53. The molecule has 1 rings (SSSR count). The fourth-order valence-electron chi connectivity index (χ4n) is 0.960. The largest absolute Gasteiger partial charge is 0.325 e. The molecule has 0 spiro atoms. The first-order chi connectivity index (χ1) is 7.16. The number of aryl methyl sites for hydroxylation is 1. The first-order valence-corrected chi connectivity index (χ1v) is 5.10. The highest BCUT2D eigenvalue weighted by Crippen LogP contribution is 2.29. The molecule has 0 radical (unpaired) electrons. The van der Waals surface area contributed by atoms with Gasteiger partial charge < -0.3 is 5.73 Å². The second-order valence-corrected chi connectivity index (χ2v) is 5.01. The predicted octanol–water partition coefficient (Wildman–Crippen LogP) is 0.517. The maximum atomic E-state index is 12.1. The summed E-state index contributed by atoms with van der Waals surface area (Å²) in [5.74, 6) is 0.249.